The first-order valence-electron chi connectivity index (χ1n) is 4.46. The maximum absolute atomic E-state index is 5.62. The first kappa shape index (κ1) is 8.53. The molecule has 1 aliphatic carbocycles. The molecule has 1 saturated carbocycles. The van der Waals surface area contributed by atoms with Gasteiger partial charge >= 0.3 is 0 Å². The molecule has 3 heteroatoms. The van der Waals surface area contributed by atoms with Crippen molar-refractivity contribution in [2.45, 2.75) is 25.6 Å². The van der Waals surface area contributed by atoms with Crippen LogP contribution in [0.15, 0.2) is 24.3 Å². The van der Waals surface area contributed by atoms with Gasteiger partial charge in [0, 0.05) is 0 Å². The fourth-order valence-corrected chi connectivity index (χ4v) is 1.18. The fraction of sp³-hybridized carbons (Fsp3) is 0.400. The van der Waals surface area contributed by atoms with E-state index >= 15 is 0 Å². The van der Waals surface area contributed by atoms with Crippen molar-refractivity contribution in [1.82, 2.24) is 0 Å². The Morgan fingerprint density at radius 2 is 2.23 bits per heavy atom. The summed E-state index contributed by atoms with van der Waals surface area (Å²) in [4.78, 5) is 4.55. The predicted octanol–water partition coefficient (Wildman–Crippen LogP) is 1.62. The third-order valence-electron chi connectivity index (χ3n) is 1.98. The highest BCUT2D eigenvalue weighted by Crippen LogP contribution is 2.27. The van der Waals surface area contributed by atoms with Gasteiger partial charge in [0.2, 0.25) is 0 Å². The van der Waals surface area contributed by atoms with E-state index in [1.165, 1.54) is 12.8 Å². The summed E-state index contributed by atoms with van der Waals surface area (Å²) >= 11 is 0. The Kier molecular flexibility index (Phi) is 2.47. The van der Waals surface area contributed by atoms with E-state index in [1.807, 2.05) is 24.3 Å². The monoisotopic (exact) mass is 179 g/mol. The Morgan fingerprint density at radius 3 is 2.92 bits per heavy atom. The molecule has 0 spiro atoms. The molecule has 1 aromatic rings. The lowest BCUT2D eigenvalue weighted by Crippen LogP contribution is -2.00. The molecule has 0 bridgehead atoms. The van der Waals surface area contributed by atoms with E-state index in [1.54, 1.807) is 0 Å². The van der Waals surface area contributed by atoms with Crippen molar-refractivity contribution in [3.05, 3.63) is 29.8 Å². The Morgan fingerprint density at radius 1 is 1.38 bits per heavy atom. The molecule has 0 unspecified atom stereocenters. The van der Waals surface area contributed by atoms with Crippen LogP contribution in [-0.2, 0) is 11.4 Å². The van der Waals surface area contributed by atoms with Crippen LogP contribution in [0.3, 0.4) is 0 Å². The normalized spacial score (nSPS) is 15.8. The standard InChI is InChI=1S/C10H13NO2/c11-12-7-8-2-1-3-10(6-8)13-9-4-5-9/h1-3,6,9H,4-5,7,11H2. The van der Waals surface area contributed by atoms with Crippen molar-refractivity contribution in [1.29, 1.82) is 0 Å². The SMILES string of the molecule is NOCc1cccc(OC2CC2)c1. The van der Waals surface area contributed by atoms with Gasteiger partial charge in [0.25, 0.3) is 0 Å². The molecule has 13 heavy (non-hydrogen) atoms. The minimum atomic E-state index is 0.432. The molecule has 0 saturated heterocycles. The molecule has 0 radical (unpaired) electrons. The van der Waals surface area contributed by atoms with E-state index in [9.17, 15) is 0 Å². The molecule has 1 fully saturated rings. The minimum Gasteiger partial charge on any atom is -0.490 e. The minimum absolute atomic E-state index is 0.432. The fourth-order valence-electron chi connectivity index (χ4n) is 1.18. The molecule has 1 aliphatic rings. The molecule has 0 atom stereocenters. The molecule has 2 rings (SSSR count). The molecule has 0 heterocycles. The van der Waals surface area contributed by atoms with Gasteiger partial charge in [-0.15, -0.1) is 0 Å². The second-order valence-electron chi connectivity index (χ2n) is 3.28. The van der Waals surface area contributed by atoms with E-state index in [0.29, 0.717) is 12.7 Å². The van der Waals surface area contributed by atoms with Crippen LogP contribution < -0.4 is 10.6 Å². The van der Waals surface area contributed by atoms with Crippen molar-refractivity contribution in [2.75, 3.05) is 0 Å². The van der Waals surface area contributed by atoms with E-state index in [2.05, 4.69) is 4.84 Å². The van der Waals surface area contributed by atoms with Gasteiger partial charge in [-0.1, -0.05) is 12.1 Å². The lowest BCUT2D eigenvalue weighted by atomic mass is 10.2. The third-order valence-corrected chi connectivity index (χ3v) is 1.98. The summed E-state index contributed by atoms with van der Waals surface area (Å²) in [5, 5.41) is 0. The van der Waals surface area contributed by atoms with E-state index in [-0.39, 0.29) is 0 Å². The van der Waals surface area contributed by atoms with Crippen LogP contribution in [0.2, 0.25) is 0 Å². The maximum atomic E-state index is 5.62. The van der Waals surface area contributed by atoms with Gasteiger partial charge < -0.3 is 4.74 Å². The highest BCUT2D eigenvalue weighted by Gasteiger charge is 2.23. The van der Waals surface area contributed by atoms with Gasteiger partial charge in [-0.2, -0.15) is 0 Å². The zero-order valence-electron chi connectivity index (χ0n) is 7.40. The van der Waals surface area contributed by atoms with Crippen molar-refractivity contribution in [3.8, 4) is 5.75 Å². The van der Waals surface area contributed by atoms with Crippen LogP contribution in [0.4, 0.5) is 0 Å². The third kappa shape index (κ3) is 2.44. The summed E-state index contributed by atoms with van der Waals surface area (Å²) in [7, 11) is 0. The van der Waals surface area contributed by atoms with Crippen molar-refractivity contribution < 1.29 is 9.57 Å². The average molecular weight is 179 g/mol. The van der Waals surface area contributed by atoms with Crippen LogP contribution in [0.5, 0.6) is 5.75 Å². The van der Waals surface area contributed by atoms with Crippen LogP contribution in [0, 0.1) is 0 Å². The van der Waals surface area contributed by atoms with Crippen molar-refractivity contribution in [3.63, 3.8) is 0 Å². The smallest absolute Gasteiger partial charge is 0.120 e. The number of hydrogen-bond acceptors (Lipinski definition) is 3. The van der Waals surface area contributed by atoms with Gasteiger partial charge in [-0.25, -0.2) is 5.90 Å². The number of benzene rings is 1. The quantitative estimate of drug-likeness (QED) is 0.714. The highest BCUT2D eigenvalue weighted by molar-refractivity contribution is 5.28. The number of rotatable bonds is 4. The zero-order valence-corrected chi connectivity index (χ0v) is 7.40. The molecule has 0 aliphatic heterocycles. The molecule has 0 aromatic heterocycles. The Balaban J connectivity index is 2.02. The second-order valence-corrected chi connectivity index (χ2v) is 3.28. The lowest BCUT2D eigenvalue weighted by molar-refractivity contribution is 0.124. The Labute approximate surface area is 77.4 Å². The van der Waals surface area contributed by atoms with E-state index in [0.717, 1.165) is 11.3 Å². The Hall–Kier alpha value is -1.06. The molecule has 3 nitrogen and oxygen atoms in total. The lowest BCUT2D eigenvalue weighted by Gasteiger charge is -2.05. The summed E-state index contributed by atoms with van der Waals surface area (Å²) < 4.78 is 5.62. The molecule has 2 N–H and O–H groups in total. The molecular weight excluding hydrogens is 166 g/mol. The molecule has 1 aromatic carbocycles. The summed E-state index contributed by atoms with van der Waals surface area (Å²) in [6.07, 6.45) is 2.80. The summed E-state index contributed by atoms with van der Waals surface area (Å²) in [5.74, 6) is 5.90. The van der Waals surface area contributed by atoms with Gasteiger partial charge in [-0.3, -0.25) is 4.84 Å². The van der Waals surface area contributed by atoms with Crippen LogP contribution in [0.1, 0.15) is 18.4 Å². The van der Waals surface area contributed by atoms with Crippen LogP contribution >= 0.6 is 0 Å². The van der Waals surface area contributed by atoms with E-state index < -0.39 is 0 Å². The number of ether oxygens (including phenoxy) is 1. The first-order valence-corrected chi connectivity index (χ1v) is 4.46. The summed E-state index contributed by atoms with van der Waals surface area (Å²) in [5.41, 5.74) is 1.04. The predicted molar refractivity (Wildman–Crippen MR) is 49.1 cm³/mol. The van der Waals surface area contributed by atoms with Crippen molar-refractivity contribution in [2.24, 2.45) is 5.90 Å². The van der Waals surface area contributed by atoms with Gasteiger partial charge in [0.05, 0.1) is 12.7 Å². The first-order chi connectivity index (χ1) is 6.38. The largest absolute Gasteiger partial charge is 0.490 e. The maximum Gasteiger partial charge on any atom is 0.120 e. The van der Waals surface area contributed by atoms with Gasteiger partial charge in [0.15, 0.2) is 0 Å². The second kappa shape index (κ2) is 3.77. The van der Waals surface area contributed by atoms with E-state index in [4.69, 9.17) is 10.6 Å². The van der Waals surface area contributed by atoms with Crippen molar-refractivity contribution >= 4 is 0 Å². The molecule has 0 amide bonds. The molecular formula is C10H13NO2. The average Bonchev–Trinajstić information content (AvgIpc) is 2.90. The van der Waals surface area contributed by atoms with Gasteiger partial charge in [-0.05, 0) is 30.5 Å². The van der Waals surface area contributed by atoms with Crippen LogP contribution in [-0.4, -0.2) is 6.10 Å². The number of nitrogens with two attached hydrogens (primary N) is 1. The highest BCUT2D eigenvalue weighted by atomic mass is 16.6. The summed E-state index contributed by atoms with van der Waals surface area (Å²) in [6, 6.07) is 7.84. The zero-order chi connectivity index (χ0) is 9.10. The topological polar surface area (TPSA) is 44.5 Å². The summed E-state index contributed by atoms with van der Waals surface area (Å²) in [6.45, 7) is 0.432. The molecule has 70 valence electrons. The number of hydrogen-bond donors (Lipinski definition) is 1. The Bertz CT molecular complexity index is 284. The van der Waals surface area contributed by atoms with Crippen LogP contribution in [0.25, 0.3) is 0 Å². The van der Waals surface area contributed by atoms with Gasteiger partial charge in [0.1, 0.15) is 5.75 Å².